The summed E-state index contributed by atoms with van der Waals surface area (Å²) in [5.41, 5.74) is 6.24. The lowest BCUT2D eigenvalue weighted by Gasteiger charge is -2.11. The van der Waals surface area contributed by atoms with Gasteiger partial charge in [0.05, 0.1) is 16.7 Å². The molecule has 0 saturated heterocycles. The summed E-state index contributed by atoms with van der Waals surface area (Å²) >= 11 is 0. The van der Waals surface area contributed by atoms with E-state index in [9.17, 15) is 0 Å². The van der Waals surface area contributed by atoms with Crippen molar-refractivity contribution in [3.05, 3.63) is 116 Å². The van der Waals surface area contributed by atoms with E-state index in [0.29, 0.717) is 5.46 Å². The Labute approximate surface area is 175 Å². The quantitative estimate of drug-likeness (QED) is 0.456. The van der Waals surface area contributed by atoms with Gasteiger partial charge in [-0.2, -0.15) is 0 Å². The number of benzene rings is 4. The van der Waals surface area contributed by atoms with Gasteiger partial charge in [-0.3, -0.25) is 4.57 Å². The summed E-state index contributed by atoms with van der Waals surface area (Å²) in [5.74, 6) is 0. The molecule has 5 heteroatoms. The summed E-state index contributed by atoms with van der Waals surface area (Å²) in [4.78, 5) is 4.49. The maximum absolute atomic E-state index is 8.58. The van der Waals surface area contributed by atoms with Crippen LogP contribution in [0.3, 0.4) is 0 Å². The molecule has 1 heterocycles. The minimum atomic E-state index is -1.34. The number of rotatable bonds is 3. The Morgan fingerprint density at radius 2 is 1.23 bits per heavy atom. The summed E-state index contributed by atoms with van der Waals surface area (Å²) in [6.07, 6.45) is 1.90. The molecule has 1 aromatic heterocycles. The normalized spacial score (nSPS) is 10.3. The van der Waals surface area contributed by atoms with Crippen molar-refractivity contribution in [1.29, 1.82) is 0 Å². The molecular weight excluding hydrogens is 371 g/mol. The van der Waals surface area contributed by atoms with Crippen molar-refractivity contribution >= 4 is 23.6 Å². The van der Waals surface area contributed by atoms with Gasteiger partial charge < -0.3 is 10.0 Å². The van der Waals surface area contributed by atoms with Crippen LogP contribution >= 0.6 is 0 Å². The molecule has 0 atom stereocenters. The van der Waals surface area contributed by atoms with Gasteiger partial charge in [0.1, 0.15) is 6.33 Å². The van der Waals surface area contributed by atoms with E-state index in [-0.39, 0.29) is 0 Å². The molecule has 0 fully saturated rings. The van der Waals surface area contributed by atoms with Crippen molar-refractivity contribution < 1.29 is 10.0 Å². The molecule has 4 aromatic carbocycles. The van der Waals surface area contributed by atoms with Crippen LogP contribution in [0.5, 0.6) is 0 Å². The SMILES string of the molecule is OB(O)c1ccccc1.c1ccc(-c2ccccc2-n2cnc3ccccc32)cc1. The zero-order valence-corrected chi connectivity index (χ0v) is 16.3. The molecule has 0 unspecified atom stereocenters. The summed E-state index contributed by atoms with van der Waals surface area (Å²) in [7, 11) is -1.34. The molecule has 0 bridgehead atoms. The summed E-state index contributed by atoms with van der Waals surface area (Å²) in [5, 5.41) is 17.2. The average molecular weight is 392 g/mol. The Morgan fingerprint density at radius 1 is 0.633 bits per heavy atom. The van der Waals surface area contributed by atoms with Crippen molar-refractivity contribution in [3.63, 3.8) is 0 Å². The van der Waals surface area contributed by atoms with E-state index >= 15 is 0 Å². The van der Waals surface area contributed by atoms with Gasteiger partial charge in [-0.05, 0) is 29.2 Å². The van der Waals surface area contributed by atoms with E-state index < -0.39 is 7.12 Å². The molecular formula is C25H21BN2O2. The first-order valence-corrected chi connectivity index (χ1v) is 9.72. The predicted octanol–water partition coefficient (Wildman–Crippen LogP) is 4.06. The summed E-state index contributed by atoms with van der Waals surface area (Å²) in [6, 6.07) is 35.7. The van der Waals surface area contributed by atoms with Crippen LogP contribution < -0.4 is 5.46 Å². The van der Waals surface area contributed by atoms with Crippen molar-refractivity contribution in [2.24, 2.45) is 0 Å². The molecule has 0 aliphatic rings. The van der Waals surface area contributed by atoms with Crippen LogP contribution in [0.1, 0.15) is 0 Å². The van der Waals surface area contributed by atoms with Gasteiger partial charge in [-0.1, -0.05) is 91.0 Å². The van der Waals surface area contributed by atoms with Crippen molar-refractivity contribution in [2.45, 2.75) is 0 Å². The number of imidazole rings is 1. The highest BCUT2D eigenvalue weighted by atomic mass is 16.4. The van der Waals surface area contributed by atoms with E-state index in [1.165, 1.54) is 11.1 Å². The number of fused-ring (bicyclic) bond motifs is 1. The topological polar surface area (TPSA) is 58.3 Å². The maximum atomic E-state index is 8.58. The van der Waals surface area contributed by atoms with Crippen molar-refractivity contribution in [1.82, 2.24) is 9.55 Å². The van der Waals surface area contributed by atoms with Crippen LogP contribution in [0.2, 0.25) is 0 Å². The molecule has 30 heavy (non-hydrogen) atoms. The molecule has 0 aliphatic carbocycles. The van der Waals surface area contributed by atoms with Crippen LogP contribution in [0, 0.1) is 0 Å². The van der Waals surface area contributed by atoms with Gasteiger partial charge in [0, 0.05) is 5.56 Å². The number of hydrogen-bond acceptors (Lipinski definition) is 3. The lowest BCUT2D eigenvalue weighted by Crippen LogP contribution is -2.29. The average Bonchev–Trinajstić information content (AvgIpc) is 3.25. The largest absolute Gasteiger partial charge is 0.488 e. The molecule has 0 spiro atoms. The lowest BCUT2D eigenvalue weighted by atomic mass is 9.81. The molecule has 4 nitrogen and oxygen atoms in total. The van der Waals surface area contributed by atoms with Gasteiger partial charge in [0.25, 0.3) is 0 Å². The maximum Gasteiger partial charge on any atom is 0.488 e. The molecule has 2 N–H and O–H groups in total. The Balaban J connectivity index is 0.000000204. The highest BCUT2D eigenvalue weighted by Crippen LogP contribution is 2.28. The third-order valence-corrected chi connectivity index (χ3v) is 4.80. The van der Waals surface area contributed by atoms with E-state index in [2.05, 4.69) is 64.1 Å². The zero-order chi connectivity index (χ0) is 20.8. The first-order valence-electron chi connectivity index (χ1n) is 9.72. The summed E-state index contributed by atoms with van der Waals surface area (Å²) in [6.45, 7) is 0. The second kappa shape index (κ2) is 9.22. The molecule has 5 aromatic rings. The molecule has 0 radical (unpaired) electrons. The third kappa shape index (κ3) is 4.33. The van der Waals surface area contributed by atoms with Gasteiger partial charge in [0.15, 0.2) is 0 Å². The fourth-order valence-electron chi connectivity index (χ4n) is 3.32. The minimum Gasteiger partial charge on any atom is -0.423 e. The van der Waals surface area contributed by atoms with Crippen molar-refractivity contribution in [3.8, 4) is 16.8 Å². The Bertz CT molecular complexity index is 1220. The molecule has 5 rings (SSSR count). The fraction of sp³-hybridized carbons (Fsp3) is 0. The Kier molecular flexibility index (Phi) is 6.04. The second-order valence-corrected chi connectivity index (χ2v) is 6.77. The molecule has 0 aliphatic heterocycles. The van der Waals surface area contributed by atoms with Gasteiger partial charge in [0.2, 0.25) is 0 Å². The lowest BCUT2D eigenvalue weighted by molar-refractivity contribution is 0.426. The Morgan fingerprint density at radius 3 is 1.93 bits per heavy atom. The van der Waals surface area contributed by atoms with Crippen molar-refractivity contribution in [2.75, 3.05) is 0 Å². The van der Waals surface area contributed by atoms with Crippen LogP contribution in [0.4, 0.5) is 0 Å². The minimum absolute atomic E-state index is 0.525. The summed E-state index contributed by atoms with van der Waals surface area (Å²) < 4.78 is 2.15. The standard InChI is InChI=1S/C19H14N2.C6H7BO2/c1-2-8-15(9-3-1)16-10-4-6-12-18(16)21-14-20-17-11-5-7-13-19(17)21;8-7(9)6-4-2-1-3-5-6/h1-14H;1-5,8-9H. The number of aromatic nitrogens is 2. The first kappa shape index (κ1) is 19.6. The van der Waals surface area contributed by atoms with Crippen LogP contribution in [-0.4, -0.2) is 26.7 Å². The molecule has 146 valence electrons. The fourth-order valence-corrected chi connectivity index (χ4v) is 3.32. The van der Waals surface area contributed by atoms with Gasteiger partial charge in [-0.25, -0.2) is 4.98 Å². The van der Waals surface area contributed by atoms with E-state index in [4.69, 9.17) is 10.0 Å². The predicted molar refractivity (Wildman–Crippen MR) is 123 cm³/mol. The highest BCUT2D eigenvalue weighted by molar-refractivity contribution is 6.58. The highest BCUT2D eigenvalue weighted by Gasteiger charge is 2.09. The smallest absolute Gasteiger partial charge is 0.423 e. The van der Waals surface area contributed by atoms with Crippen LogP contribution in [-0.2, 0) is 0 Å². The van der Waals surface area contributed by atoms with E-state index in [0.717, 1.165) is 16.7 Å². The van der Waals surface area contributed by atoms with Crippen LogP contribution in [0.25, 0.3) is 27.8 Å². The number of para-hydroxylation sites is 3. The first-order chi connectivity index (χ1) is 14.7. The third-order valence-electron chi connectivity index (χ3n) is 4.80. The Hall–Kier alpha value is -3.67. The van der Waals surface area contributed by atoms with Gasteiger partial charge in [-0.15, -0.1) is 0 Å². The molecule has 0 amide bonds. The van der Waals surface area contributed by atoms with E-state index in [1.807, 2.05) is 36.7 Å². The monoisotopic (exact) mass is 392 g/mol. The zero-order valence-electron chi connectivity index (χ0n) is 16.3. The second-order valence-electron chi connectivity index (χ2n) is 6.77. The number of hydrogen-bond donors (Lipinski definition) is 2. The van der Waals surface area contributed by atoms with Crippen LogP contribution in [0.15, 0.2) is 116 Å². The number of nitrogens with zero attached hydrogens (tertiary/aromatic N) is 2. The molecule has 0 saturated carbocycles. The van der Waals surface area contributed by atoms with E-state index in [1.54, 1.807) is 24.3 Å². The van der Waals surface area contributed by atoms with Gasteiger partial charge >= 0.3 is 7.12 Å².